The lowest BCUT2D eigenvalue weighted by molar-refractivity contribution is 0.276. The highest BCUT2D eigenvalue weighted by Crippen LogP contribution is 2.22. The van der Waals surface area contributed by atoms with Gasteiger partial charge in [0, 0.05) is 13.0 Å². The second-order valence-electron chi connectivity index (χ2n) is 4.83. The van der Waals surface area contributed by atoms with Crippen LogP contribution in [0.25, 0.3) is 0 Å². The molecular weight excluding hydrogens is 226 g/mol. The minimum atomic E-state index is 0.644. The molecule has 4 heteroatoms. The molecule has 0 bridgehead atoms. The van der Waals surface area contributed by atoms with Crippen LogP contribution in [0.4, 0.5) is 5.82 Å². The Balaban J connectivity index is 2.84. The number of rotatable bonds is 7. The maximum Gasteiger partial charge on any atom is 0.221 e. The molecule has 0 unspecified atom stereocenters. The van der Waals surface area contributed by atoms with Crippen molar-refractivity contribution in [2.45, 2.75) is 47.5 Å². The van der Waals surface area contributed by atoms with E-state index in [9.17, 15) is 0 Å². The van der Waals surface area contributed by atoms with Crippen LogP contribution in [0.5, 0.6) is 5.88 Å². The molecule has 0 saturated carbocycles. The monoisotopic (exact) mass is 251 g/mol. The van der Waals surface area contributed by atoms with Gasteiger partial charge in [-0.3, -0.25) is 0 Å². The summed E-state index contributed by atoms with van der Waals surface area (Å²) in [4.78, 5) is 8.94. The lowest BCUT2D eigenvalue weighted by Gasteiger charge is -2.14. The molecule has 0 fully saturated rings. The Kier molecular flexibility index (Phi) is 5.89. The lowest BCUT2D eigenvalue weighted by atomic mass is 10.1. The highest BCUT2D eigenvalue weighted by molar-refractivity contribution is 5.48. The summed E-state index contributed by atoms with van der Waals surface area (Å²) in [6.45, 7) is 12.1. The van der Waals surface area contributed by atoms with Crippen LogP contribution in [0.15, 0.2) is 0 Å². The maximum atomic E-state index is 5.79. The molecule has 0 saturated heterocycles. The third-order valence-electron chi connectivity index (χ3n) is 2.74. The third kappa shape index (κ3) is 4.17. The third-order valence-corrected chi connectivity index (χ3v) is 2.74. The minimum Gasteiger partial charge on any atom is -0.477 e. The first-order valence-electron chi connectivity index (χ1n) is 6.82. The predicted molar refractivity (Wildman–Crippen MR) is 75.3 cm³/mol. The summed E-state index contributed by atoms with van der Waals surface area (Å²) in [5.74, 6) is 3.09. The number of hydrogen-bond acceptors (Lipinski definition) is 4. The van der Waals surface area contributed by atoms with Gasteiger partial charge in [-0.1, -0.05) is 20.8 Å². The molecule has 0 aromatic carbocycles. The topological polar surface area (TPSA) is 47.0 Å². The van der Waals surface area contributed by atoms with Crippen LogP contribution in [0.3, 0.4) is 0 Å². The van der Waals surface area contributed by atoms with E-state index >= 15 is 0 Å². The van der Waals surface area contributed by atoms with Gasteiger partial charge in [0.1, 0.15) is 11.6 Å². The Hall–Kier alpha value is -1.32. The van der Waals surface area contributed by atoms with E-state index in [1.54, 1.807) is 0 Å². The van der Waals surface area contributed by atoms with E-state index in [1.807, 2.05) is 6.92 Å². The molecule has 0 atom stereocenters. The molecule has 0 aliphatic heterocycles. The summed E-state index contributed by atoms with van der Waals surface area (Å²) in [6.07, 6.45) is 1.86. The van der Waals surface area contributed by atoms with Gasteiger partial charge >= 0.3 is 0 Å². The SMILES string of the molecule is CCNc1nc(CC)nc(OCCC(C)C)c1C. The standard InChI is InChI=1S/C14H25N3O/c1-6-12-16-13(15-7-2)11(5)14(17-12)18-9-8-10(3)4/h10H,6-9H2,1-5H3,(H,15,16,17). The number of aryl methyl sites for hydroxylation is 1. The number of aromatic nitrogens is 2. The summed E-state index contributed by atoms with van der Waals surface area (Å²) in [7, 11) is 0. The number of hydrogen-bond donors (Lipinski definition) is 1. The molecule has 1 heterocycles. The molecule has 102 valence electrons. The largest absolute Gasteiger partial charge is 0.477 e. The average Bonchev–Trinajstić information content (AvgIpc) is 2.33. The summed E-state index contributed by atoms with van der Waals surface area (Å²) >= 11 is 0. The molecule has 0 amide bonds. The van der Waals surface area contributed by atoms with Crippen LogP contribution >= 0.6 is 0 Å². The number of nitrogens with one attached hydrogen (secondary N) is 1. The van der Waals surface area contributed by atoms with Crippen LogP contribution in [0, 0.1) is 12.8 Å². The zero-order valence-electron chi connectivity index (χ0n) is 12.2. The van der Waals surface area contributed by atoms with Gasteiger partial charge in [-0.15, -0.1) is 0 Å². The number of anilines is 1. The van der Waals surface area contributed by atoms with Crippen molar-refractivity contribution >= 4 is 5.82 Å². The molecule has 0 spiro atoms. The summed E-state index contributed by atoms with van der Waals surface area (Å²) in [6, 6.07) is 0. The normalized spacial score (nSPS) is 10.8. The van der Waals surface area contributed by atoms with Crippen molar-refractivity contribution in [3.8, 4) is 5.88 Å². The van der Waals surface area contributed by atoms with Gasteiger partial charge in [0.2, 0.25) is 5.88 Å². The quantitative estimate of drug-likeness (QED) is 0.808. The smallest absolute Gasteiger partial charge is 0.221 e. The molecule has 1 aromatic heterocycles. The summed E-state index contributed by atoms with van der Waals surface area (Å²) in [5.41, 5.74) is 0.998. The molecule has 1 rings (SSSR count). The van der Waals surface area contributed by atoms with E-state index in [0.717, 1.165) is 42.5 Å². The van der Waals surface area contributed by atoms with Crippen molar-refractivity contribution in [2.24, 2.45) is 5.92 Å². The van der Waals surface area contributed by atoms with E-state index in [2.05, 4.69) is 43.0 Å². The first-order chi connectivity index (χ1) is 8.58. The Morgan fingerprint density at radius 1 is 1.22 bits per heavy atom. The maximum absolute atomic E-state index is 5.79. The van der Waals surface area contributed by atoms with Crippen molar-refractivity contribution in [1.82, 2.24) is 9.97 Å². The number of ether oxygens (including phenoxy) is 1. The first-order valence-corrected chi connectivity index (χ1v) is 6.82. The average molecular weight is 251 g/mol. The minimum absolute atomic E-state index is 0.644. The highest BCUT2D eigenvalue weighted by atomic mass is 16.5. The molecule has 4 nitrogen and oxygen atoms in total. The van der Waals surface area contributed by atoms with Crippen molar-refractivity contribution < 1.29 is 4.74 Å². The Bertz CT molecular complexity index is 378. The van der Waals surface area contributed by atoms with Crippen LogP contribution in [0.1, 0.15) is 45.5 Å². The van der Waals surface area contributed by atoms with Crippen LogP contribution in [-0.4, -0.2) is 23.1 Å². The fourth-order valence-electron chi connectivity index (χ4n) is 1.57. The Labute approximate surface area is 110 Å². The molecule has 18 heavy (non-hydrogen) atoms. The second kappa shape index (κ2) is 7.19. The lowest BCUT2D eigenvalue weighted by Crippen LogP contribution is -2.10. The van der Waals surface area contributed by atoms with Gasteiger partial charge < -0.3 is 10.1 Å². The van der Waals surface area contributed by atoms with Crippen molar-refractivity contribution in [2.75, 3.05) is 18.5 Å². The van der Waals surface area contributed by atoms with Crippen molar-refractivity contribution in [3.05, 3.63) is 11.4 Å². The van der Waals surface area contributed by atoms with Gasteiger partial charge in [-0.25, -0.2) is 4.98 Å². The first kappa shape index (κ1) is 14.7. The summed E-state index contributed by atoms with van der Waals surface area (Å²) in [5, 5.41) is 3.26. The second-order valence-corrected chi connectivity index (χ2v) is 4.83. The van der Waals surface area contributed by atoms with Crippen LogP contribution < -0.4 is 10.1 Å². The molecular formula is C14H25N3O. The van der Waals surface area contributed by atoms with Gasteiger partial charge in [-0.05, 0) is 26.2 Å². The van der Waals surface area contributed by atoms with Crippen LogP contribution in [0.2, 0.25) is 0 Å². The van der Waals surface area contributed by atoms with Crippen molar-refractivity contribution in [3.63, 3.8) is 0 Å². The van der Waals surface area contributed by atoms with Crippen molar-refractivity contribution in [1.29, 1.82) is 0 Å². The van der Waals surface area contributed by atoms with Crippen LogP contribution in [-0.2, 0) is 6.42 Å². The fraction of sp³-hybridized carbons (Fsp3) is 0.714. The van der Waals surface area contributed by atoms with Gasteiger partial charge in [-0.2, -0.15) is 4.98 Å². The number of nitrogens with zero attached hydrogens (tertiary/aromatic N) is 2. The van der Waals surface area contributed by atoms with E-state index in [0.29, 0.717) is 12.5 Å². The molecule has 1 aromatic rings. The molecule has 1 N–H and O–H groups in total. The van der Waals surface area contributed by atoms with E-state index in [4.69, 9.17) is 4.74 Å². The zero-order chi connectivity index (χ0) is 13.5. The molecule has 0 radical (unpaired) electrons. The Morgan fingerprint density at radius 3 is 2.50 bits per heavy atom. The van der Waals surface area contributed by atoms with E-state index < -0.39 is 0 Å². The van der Waals surface area contributed by atoms with Gasteiger partial charge in [0.25, 0.3) is 0 Å². The molecule has 0 aliphatic rings. The summed E-state index contributed by atoms with van der Waals surface area (Å²) < 4.78 is 5.79. The van der Waals surface area contributed by atoms with Gasteiger partial charge in [0.05, 0.1) is 12.2 Å². The predicted octanol–water partition coefficient (Wildman–Crippen LogP) is 3.20. The fourth-order valence-corrected chi connectivity index (χ4v) is 1.57. The Morgan fingerprint density at radius 2 is 1.94 bits per heavy atom. The highest BCUT2D eigenvalue weighted by Gasteiger charge is 2.11. The van der Waals surface area contributed by atoms with E-state index in [1.165, 1.54) is 0 Å². The van der Waals surface area contributed by atoms with Gasteiger partial charge in [0.15, 0.2) is 0 Å². The van der Waals surface area contributed by atoms with E-state index in [-0.39, 0.29) is 0 Å². The molecule has 0 aliphatic carbocycles. The zero-order valence-corrected chi connectivity index (χ0v) is 12.2.